The first-order chi connectivity index (χ1) is 15.2. The van der Waals surface area contributed by atoms with Gasteiger partial charge in [-0.05, 0) is 0 Å². The summed E-state index contributed by atoms with van der Waals surface area (Å²) in [6, 6.07) is 13.8. The summed E-state index contributed by atoms with van der Waals surface area (Å²) in [7, 11) is 0. The quantitative estimate of drug-likeness (QED) is 0.235. The van der Waals surface area contributed by atoms with Crippen molar-refractivity contribution in [3.8, 4) is 0 Å². The lowest BCUT2D eigenvalue weighted by Gasteiger charge is -2.36. The molecule has 0 amide bonds. The Bertz CT molecular complexity index is 931. The van der Waals surface area contributed by atoms with Crippen LogP contribution in [0.2, 0.25) is 0 Å². The molecule has 0 heterocycles. The lowest BCUT2D eigenvalue weighted by Crippen LogP contribution is -2.72. The molecule has 2 atom stereocenters. The first-order valence-corrected chi connectivity index (χ1v) is 9.45. The van der Waals surface area contributed by atoms with E-state index in [0.29, 0.717) is 0 Å². The molecule has 8 heteroatoms. The zero-order valence-electron chi connectivity index (χ0n) is 17.1. The maximum absolute atomic E-state index is 13.3. The summed E-state index contributed by atoms with van der Waals surface area (Å²) in [5.74, 6) is -6.33. The Hall–Kier alpha value is -3.88. The second kappa shape index (κ2) is 10.4. The summed E-state index contributed by atoms with van der Waals surface area (Å²) in [6.07, 6.45) is 2.28. The monoisotopic (exact) mass is 438 g/mol. The number of ketones is 2. The van der Waals surface area contributed by atoms with Gasteiger partial charge in [0.1, 0.15) is 13.2 Å². The van der Waals surface area contributed by atoms with Gasteiger partial charge in [0, 0.05) is 11.1 Å². The Morgan fingerprint density at radius 1 is 0.688 bits per heavy atom. The third-order valence-electron chi connectivity index (χ3n) is 4.51. The molecule has 2 aromatic carbocycles. The van der Waals surface area contributed by atoms with E-state index in [1.54, 1.807) is 12.1 Å². The number of rotatable bonds is 11. The van der Waals surface area contributed by atoms with Crippen LogP contribution in [0.15, 0.2) is 86.0 Å². The number of aliphatic hydroxyl groups is 2. The fraction of sp³-hybridized carbons (Fsp3) is 0.167. The van der Waals surface area contributed by atoms with E-state index in [-0.39, 0.29) is 11.1 Å². The molecule has 0 saturated heterocycles. The van der Waals surface area contributed by atoms with Crippen LogP contribution in [0, 0.1) is 0 Å². The number of hydrogen-bond acceptors (Lipinski definition) is 8. The molecule has 0 radical (unpaired) electrons. The van der Waals surface area contributed by atoms with Crippen molar-refractivity contribution in [1.29, 1.82) is 0 Å². The van der Waals surface area contributed by atoms with Gasteiger partial charge in [-0.1, -0.05) is 86.0 Å². The summed E-state index contributed by atoms with van der Waals surface area (Å²) in [5.41, 5.74) is -7.88. The molecule has 0 aromatic heterocycles. The topological polar surface area (TPSA) is 127 Å². The first-order valence-electron chi connectivity index (χ1n) is 9.45. The predicted molar refractivity (Wildman–Crippen MR) is 114 cm³/mol. The fourth-order valence-corrected chi connectivity index (χ4v) is 2.88. The van der Waals surface area contributed by atoms with E-state index < -0.39 is 47.9 Å². The van der Waals surface area contributed by atoms with E-state index in [9.17, 15) is 29.4 Å². The lowest BCUT2D eigenvalue weighted by atomic mass is 9.73. The summed E-state index contributed by atoms with van der Waals surface area (Å²) < 4.78 is 9.64. The van der Waals surface area contributed by atoms with E-state index in [1.165, 1.54) is 48.5 Å². The highest BCUT2D eigenvalue weighted by Gasteiger charge is 2.70. The number of carbonyl (C=O) groups excluding carboxylic acids is 4. The van der Waals surface area contributed by atoms with Crippen LogP contribution in [0.1, 0.15) is 20.7 Å². The van der Waals surface area contributed by atoms with Crippen LogP contribution in [-0.4, -0.2) is 58.1 Å². The highest BCUT2D eigenvalue weighted by atomic mass is 16.6. The van der Waals surface area contributed by atoms with Gasteiger partial charge in [-0.3, -0.25) is 9.59 Å². The van der Waals surface area contributed by atoms with Crippen molar-refractivity contribution in [3.63, 3.8) is 0 Å². The second-order valence-electron chi connectivity index (χ2n) is 6.59. The second-order valence-corrected chi connectivity index (χ2v) is 6.59. The number of carbonyl (C=O) groups is 4. The molecule has 2 unspecified atom stereocenters. The van der Waals surface area contributed by atoms with Crippen LogP contribution in [-0.2, 0) is 19.1 Å². The Morgan fingerprint density at radius 3 is 1.28 bits per heavy atom. The van der Waals surface area contributed by atoms with Crippen LogP contribution in [0.4, 0.5) is 0 Å². The minimum absolute atomic E-state index is 0.263. The zero-order chi connectivity index (χ0) is 23.8. The summed E-state index contributed by atoms with van der Waals surface area (Å²) in [4.78, 5) is 52.5. The maximum atomic E-state index is 13.3. The van der Waals surface area contributed by atoms with E-state index >= 15 is 0 Å². The van der Waals surface area contributed by atoms with Crippen molar-refractivity contribution < 1.29 is 38.9 Å². The molecular formula is C24H22O8. The van der Waals surface area contributed by atoms with Gasteiger partial charge >= 0.3 is 11.9 Å². The molecule has 0 fully saturated rings. The van der Waals surface area contributed by atoms with E-state index in [2.05, 4.69) is 13.2 Å². The first kappa shape index (κ1) is 24.4. The van der Waals surface area contributed by atoms with Gasteiger partial charge in [0.2, 0.25) is 11.6 Å². The van der Waals surface area contributed by atoms with Crippen LogP contribution >= 0.6 is 0 Å². The van der Waals surface area contributed by atoms with Gasteiger partial charge in [-0.25, -0.2) is 9.59 Å². The fourth-order valence-electron chi connectivity index (χ4n) is 2.88. The Labute approximate surface area is 184 Å². The zero-order valence-corrected chi connectivity index (χ0v) is 17.1. The highest BCUT2D eigenvalue weighted by Crippen LogP contribution is 2.33. The van der Waals surface area contributed by atoms with Crippen molar-refractivity contribution in [2.24, 2.45) is 0 Å². The Kier molecular flexibility index (Phi) is 7.95. The summed E-state index contributed by atoms with van der Waals surface area (Å²) in [5, 5.41) is 22.8. The van der Waals surface area contributed by atoms with Gasteiger partial charge < -0.3 is 19.7 Å². The van der Waals surface area contributed by atoms with Gasteiger partial charge in [0.15, 0.2) is 0 Å². The molecule has 0 aliphatic heterocycles. The molecule has 0 spiro atoms. The third-order valence-corrected chi connectivity index (χ3v) is 4.51. The Morgan fingerprint density at radius 2 is 1.00 bits per heavy atom. The standard InChI is InChI=1S/C24H22O8/c1-3-15-31-21(27)23(29,19(25)17-11-7-5-8-12-17)24(30,22(28)32-16-4-2)20(26)18-13-9-6-10-14-18/h3-14,29-30H,1-2,15-16H2. The van der Waals surface area contributed by atoms with Crippen LogP contribution in [0.5, 0.6) is 0 Å². The van der Waals surface area contributed by atoms with Crippen molar-refractivity contribution in [1.82, 2.24) is 0 Å². The number of hydrogen-bond donors (Lipinski definition) is 2. The number of Topliss-reactive ketones (excluding diaryl/α,β-unsaturated/α-hetero) is 2. The maximum Gasteiger partial charge on any atom is 0.351 e. The van der Waals surface area contributed by atoms with Crippen LogP contribution in [0.25, 0.3) is 0 Å². The van der Waals surface area contributed by atoms with Gasteiger partial charge in [0.25, 0.3) is 11.2 Å². The third kappa shape index (κ3) is 4.41. The van der Waals surface area contributed by atoms with Gasteiger partial charge in [0.05, 0.1) is 0 Å². The molecule has 166 valence electrons. The van der Waals surface area contributed by atoms with E-state index in [0.717, 1.165) is 12.2 Å². The number of benzene rings is 2. The minimum atomic E-state index is -3.68. The number of esters is 2. The van der Waals surface area contributed by atoms with Crippen molar-refractivity contribution in [3.05, 3.63) is 97.1 Å². The van der Waals surface area contributed by atoms with E-state index in [1.807, 2.05) is 0 Å². The molecule has 32 heavy (non-hydrogen) atoms. The summed E-state index contributed by atoms with van der Waals surface area (Å²) >= 11 is 0. The van der Waals surface area contributed by atoms with Crippen LogP contribution in [0.3, 0.4) is 0 Å². The Balaban J connectivity index is 2.78. The van der Waals surface area contributed by atoms with Gasteiger partial charge in [-0.15, -0.1) is 0 Å². The average molecular weight is 438 g/mol. The van der Waals surface area contributed by atoms with Crippen LogP contribution < -0.4 is 0 Å². The smallest absolute Gasteiger partial charge is 0.351 e. The predicted octanol–water partition coefficient (Wildman–Crippen LogP) is 1.67. The molecule has 2 aromatic rings. The largest absolute Gasteiger partial charge is 0.459 e. The number of ether oxygens (including phenoxy) is 2. The molecule has 0 aliphatic carbocycles. The van der Waals surface area contributed by atoms with E-state index in [4.69, 9.17) is 9.47 Å². The highest BCUT2D eigenvalue weighted by molar-refractivity contribution is 6.28. The lowest BCUT2D eigenvalue weighted by molar-refractivity contribution is -0.193. The molecule has 0 saturated carbocycles. The van der Waals surface area contributed by atoms with Crippen molar-refractivity contribution >= 4 is 23.5 Å². The summed E-state index contributed by atoms with van der Waals surface area (Å²) in [6.45, 7) is 5.78. The molecular weight excluding hydrogens is 416 g/mol. The molecule has 8 nitrogen and oxygen atoms in total. The molecule has 2 rings (SSSR count). The van der Waals surface area contributed by atoms with Crippen molar-refractivity contribution in [2.75, 3.05) is 13.2 Å². The average Bonchev–Trinajstić information content (AvgIpc) is 2.84. The minimum Gasteiger partial charge on any atom is -0.459 e. The molecule has 2 N–H and O–H groups in total. The van der Waals surface area contributed by atoms with Crippen molar-refractivity contribution in [2.45, 2.75) is 11.2 Å². The molecule has 0 bridgehead atoms. The van der Waals surface area contributed by atoms with Gasteiger partial charge in [-0.2, -0.15) is 0 Å². The normalized spacial score (nSPS) is 14.2. The SMILES string of the molecule is C=CCOC(=O)C(O)(C(=O)c1ccccc1)C(O)(C(=O)OCC=C)C(=O)c1ccccc1. The molecule has 0 aliphatic rings.